The van der Waals surface area contributed by atoms with E-state index < -0.39 is 0 Å². The van der Waals surface area contributed by atoms with E-state index in [0.29, 0.717) is 12.1 Å². The van der Waals surface area contributed by atoms with Gasteiger partial charge < -0.3 is 0 Å². The van der Waals surface area contributed by atoms with Crippen LogP contribution < -0.4 is 5.56 Å². The van der Waals surface area contributed by atoms with Crippen LogP contribution in [-0.2, 0) is 12.1 Å². The van der Waals surface area contributed by atoms with Crippen LogP contribution in [0.25, 0.3) is 10.9 Å². The first kappa shape index (κ1) is 17.9. The predicted molar refractivity (Wildman–Crippen MR) is 104 cm³/mol. The second-order valence-corrected chi connectivity index (χ2v) is 8.53. The molecule has 0 N–H and O–H groups in total. The molecule has 0 saturated heterocycles. The molecule has 0 aliphatic heterocycles. The molecule has 3 rings (SSSR count). The average Bonchev–Trinajstić information content (AvgIpc) is 2.97. The molecule has 0 bridgehead atoms. The molecule has 1 aromatic carbocycles. The fourth-order valence-electron chi connectivity index (χ4n) is 2.90. The molecule has 0 atom stereocenters. The monoisotopic (exact) mass is 402 g/mol. The Morgan fingerprint density at radius 1 is 1.16 bits per heavy atom. The lowest BCUT2D eigenvalue weighted by Crippen LogP contribution is -2.31. The lowest BCUT2D eigenvalue weighted by atomic mass is 10.1. The maximum Gasteiger partial charge on any atom is 0.293 e. The number of fused-ring (bicyclic) bond motifs is 1. The summed E-state index contributed by atoms with van der Waals surface area (Å²) < 4.78 is 4.39. The third-order valence-electron chi connectivity index (χ3n) is 4.14. The van der Waals surface area contributed by atoms with Crippen molar-refractivity contribution in [1.29, 1.82) is 0 Å². The Labute approximate surface area is 155 Å². The highest BCUT2D eigenvalue weighted by molar-refractivity contribution is 9.10. The summed E-state index contributed by atoms with van der Waals surface area (Å²) in [4.78, 5) is 13.1. The van der Waals surface area contributed by atoms with Gasteiger partial charge in [0.1, 0.15) is 5.52 Å². The van der Waals surface area contributed by atoms with Crippen molar-refractivity contribution in [3.63, 3.8) is 0 Å². The molecule has 3 aromatic rings. The topological polar surface area (TPSA) is 52.7 Å². The van der Waals surface area contributed by atoms with Crippen molar-refractivity contribution in [3.8, 4) is 0 Å². The summed E-state index contributed by atoms with van der Waals surface area (Å²) in [5.41, 5.74) is 2.19. The summed E-state index contributed by atoms with van der Waals surface area (Å²) in [7, 11) is 0. The molecule has 2 aromatic heterocycles. The zero-order valence-corrected chi connectivity index (χ0v) is 16.8. The van der Waals surface area contributed by atoms with Crippen LogP contribution in [0.1, 0.15) is 51.8 Å². The van der Waals surface area contributed by atoms with Crippen LogP contribution in [0.2, 0.25) is 0 Å². The van der Waals surface area contributed by atoms with Crippen LogP contribution in [0.5, 0.6) is 0 Å². The van der Waals surface area contributed by atoms with Crippen molar-refractivity contribution >= 4 is 26.8 Å². The first-order valence-corrected chi connectivity index (χ1v) is 9.21. The van der Waals surface area contributed by atoms with E-state index in [1.807, 2.05) is 49.7 Å². The number of hydrogen-bond acceptors (Lipinski definition) is 3. The summed E-state index contributed by atoms with van der Waals surface area (Å²) in [5, 5.41) is 9.99. The fraction of sp³-hybridized carbons (Fsp3) is 0.421. The number of nitrogens with zero attached hydrogens (tertiary/aromatic N) is 4. The van der Waals surface area contributed by atoms with E-state index >= 15 is 0 Å². The molecule has 0 spiro atoms. The van der Waals surface area contributed by atoms with Gasteiger partial charge in [-0.2, -0.15) is 10.2 Å². The van der Waals surface area contributed by atoms with Gasteiger partial charge in [0.05, 0.1) is 24.0 Å². The van der Waals surface area contributed by atoms with Crippen LogP contribution >= 0.6 is 15.9 Å². The normalized spacial score (nSPS) is 12.3. The Balaban J connectivity index is 2.23. The SMILES string of the molecule is CC(C)c1nn(Cc2ccc(Br)cc2)c(=O)c2c1cnn2C(C)(C)C. The minimum atomic E-state index is -0.272. The van der Waals surface area contributed by atoms with Gasteiger partial charge in [-0.05, 0) is 44.4 Å². The Hall–Kier alpha value is -1.95. The maximum atomic E-state index is 13.1. The van der Waals surface area contributed by atoms with E-state index in [-0.39, 0.29) is 17.0 Å². The molecule has 25 heavy (non-hydrogen) atoms. The van der Waals surface area contributed by atoms with Crippen LogP contribution in [0.3, 0.4) is 0 Å². The van der Waals surface area contributed by atoms with Crippen LogP contribution in [0, 0.1) is 0 Å². The van der Waals surface area contributed by atoms with Crippen molar-refractivity contribution < 1.29 is 0 Å². The Morgan fingerprint density at radius 2 is 1.80 bits per heavy atom. The number of benzene rings is 1. The predicted octanol–water partition coefficient (Wildman–Crippen LogP) is 4.28. The summed E-state index contributed by atoms with van der Waals surface area (Å²) >= 11 is 3.44. The molecule has 132 valence electrons. The Bertz CT molecular complexity index is 962. The fourth-order valence-corrected chi connectivity index (χ4v) is 3.16. The molecule has 0 unspecified atom stereocenters. The molecular formula is C19H23BrN4O. The highest BCUT2D eigenvalue weighted by atomic mass is 79.9. The number of rotatable bonds is 3. The van der Waals surface area contributed by atoms with Crippen LogP contribution in [0.15, 0.2) is 39.7 Å². The molecular weight excluding hydrogens is 380 g/mol. The smallest absolute Gasteiger partial charge is 0.265 e. The molecule has 0 aliphatic carbocycles. The number of hydrogen-bond donors (Lipinski definition) is 0. The van der Waals surface area contributed by atoms with E-state index in [1.54, 1.807) is 10.9 Å². The van der Waals surface area contributed by atoms with E-state index in [1.165, 1.54) is 0 Å². The lowest BCUT2D eigenvalue weighted by molar-refractivity contribution is 0.366. The molecule has 0 aliphatic rings. The van der Waals surface area contributed by atoms with Gasteiger partial charge in [-0.3, -0.25) is 9.48 Å². The molecule has 2 heterocycles. The first-order valence-electron chi connectivity index (χ1n) is 8.42. The summed E-state index contributed by atoms with van der Waals surface area (Å²) in [6.07, 6.45) is 1.77. The zero-order valence-electron chi connectivity index (χ0n) is 15.2. The first-order chi connectivity index (χ1) is 11.7. The van der Waals surface area contributed by atoms with Gasteiger partial charge in [-0.15, -0.1) is 0 Å². The van der Waals surface area contributed by atoms with E-state index in [9.17, 15) is 4.79 Å². The summed E-state index contributed by atoms with van der Waals surface area (Å²) in [5.74, 6) is 0.205. The molecule has 0 fully saturated rings. The standard InChI is InChI=1S/C19H23BrN4O/c1-12(2)16-15-10-21-24(19(3,4)5)17(15)18(25)23(22-16)11-13-6-8-14(20)9-7-13/h6-10,12H,11H2,1-5H3. The van der Waals surface area contributed by atoms with Gasteiger partial charge in [-0.25, -0.2) is 4.68 Å². The number of halogens is 1. The van der Waals surface area contributed by atoms with Gasteiger partial charge >= 0.3 is 0 Å². The molecule has 0 radical (unpaired) electrons. The Morgan fingerprint density at radius 3 is 2.36 bits per heavy atom. The molecule has 6 heteroatoms. The van der Waals surface area contributed by atoms with Gasteiger partial charge in [0.2, 0.25) is 0 Å². The Kier molecular flexibility index (Phi) is 4.58. The average molecular weight is 403 g/mol. The largest absolute Gasteiger partial charge is 0.293 e. The lowest BCUT2D eigenvalue weighted by Gasteiger charge is -2.21. The van der Waals surface area contributed by atoms with Crippen molar-refractivity contribution in [2.75, 3.05) is 0 Å². The van der Waals surface area contributed by atoms with Crippen LogP contribution in [-0.4, -0.2) is 19.6 Å². The maximum absolute atomic E-state index is 13.1. The third-order valence-corrected chi connectivity index (χ3v) is 4.67. The van der Waals surface area contributed by atoms with Gasteiger partial charge in [0.25, 0.3) is 5.56 Å². The van der Waals surface area contributed by atoms with E-state index in [2.05, 4.69) is 40.0 Å². The van der Waals surface area contributed by atoms with Gasteiger partial charge in [0.15, 0.2) is 0 Å². The van der Waals surface area contributed by atoms with E-state index in [4.69, 9.17) is 0 Å². The second-order valence-electron chi connectivity index (χ2n) is 7.62. The molecule has 0 saturated carbocycles. The molecule has 0 amide bonds. The zero-order chi connectivity index (χ0) is 18.4. The van der Waals surface area contributed by atoms with Crippen molar-refractivity contribution in [3.05, 3.63) is 56.5 Å². The number of aromatic nitrogens is 4. The second kappa shape index (κ2) is 6.41. The van der Waals surface area contributed by atoms with Crippen molar-refractivity contribution in [2.24, 2.45) is 0 Å². The van der Waals surface area contributed by atoms with Crippen molar-refractivity contribution in [2.45, 2.75) is 52.6 Å². The summed E-state index contributed by atoms with van der Waals surface area (Å²) in [6, 6.07) is 7.94. The van der Waals surface area contributed by atoms with E-state index in [0.717, 1.165) is 21.1 Å². The molecule has 5 nitrogen and oxygen atoms in total. The van der Waals surface area contributed by atoms with Crippen LogP contribution in [0.4, 0.5) is 0 Å². The van der Waals surface area contributed by atoms with Gasteiger partial charge in [-0.1, -0.05) is 41.9 Å². The minimum Gasteiger partial charge on any atom is -0.265 e. The van der Waals surface area contributed by atoms with Gasteiger partial charge in [0, 0.05) is 9.86 Å². The highest BCUT2D eigenvalue weighted by Crippen LogP contribution is 2.25. The highest BCUT2D eigenvalue weighted by Gasteiger charge is 2.23. The summed E-state index contributed by atoms with van der Waals surface area (Å²) in [6.45, 7) is 10.8. The van der Waals surface area contributed by atoms with Crippen molar-refractivity contribution in [1.82, 2.24) is 19.6 Å². The quantitative estimate of drug-likeness (QED) is 0.656. The third kappa shape index (κ3) is 3.40. The minimum absolute atomic E-state index is 0.102.